The molecule has 7 aromatic carbocycles. The van der Waals surface area contributed by atoms with Crippen molar-refractivity contribution >= 4 is 32.3 Å². The van der Waals surface area contributed by atoms with Gasteiger partial charge < -0.3 is 0 Å². The van der Waals surface area contributed by atoms with Crippen LogP contribution in [-0.2, 0) is 0 Å². The summed E-state index contributed by atoms with van der Waals surface area (Å²) in [6, 6.07) is 52.8. The van der Waals surface area contributed by atoms with Crippen LogP contribution in [0.5, 0.6) is 0 Å². The quantitative estimate of drug-likeness (QED) is 0.232. The molecule has 0 fully saturated rings. The van der Waals surface area contributed by atoms with Crippen LogP contribution >= 0.6 is 0 Å². The molecule has 7 aromatic rings. The third-order valence-electron chi connectivity index (χ3n) is 7.22. The van der Waals surface area contributed by atoms with Crippen LogP contribution in [0.4, 0.5) is 0 Å². The Kier molecular flexibility index (Phi) is 4.89. The first kappa shape index (κ1) is 20.7. The monoisotopic (exact) mass is 456 g/mol. The molecule has 0 aliphatic carbocycles. The first-order valence-electron chi connectivity index (χ1n) is 12.4. The number of benzene rings is 7. The van der Waals surface area contributed by atoms with Crippen LogP contribution in [0.25, 0.3) is 65.7 Å². The zero-order chi connectivity index (χ0) is 23.9. The summed E-state index contributed by atoms with van der Waals surface area (Å²) in [4.78, 5) is 0. The molecule has 0 nitrogen and oxygen atoms in total. The van der Waals surface area contributed by atoms with Gasteiger partial charge in [-0.2, -0.15) is 0 Å². The Labute approximate surface area is 211 Å². The highest BCUT2D eigenvalue weighted by molar-refractivity contribution is 6.09. The molecule has 0 spiro atoms. The Hall–Kier alpha value is -4.68. The summed E-state index contributed by atoms with van der Waals surface area (Å²) >= 11 is 0. The Morgan fingerprint density at radius 1 is 0.222 bits per heavy atom. The summed E-state index contributed by atoms with van der Waals surface area (Å²) in [5.41, 5.74) is 7.48. The molecule has 0 heterocycles. The zero-order valence-electron chi connectivity index (χ0n) is 19.9. The van der Waals surface area contributed by atoms with E-state index in [0.717, 1.165) is 0 Å². The number of rotatable bonds is 3. The zero-order valence-corrected chi connectivity index (χ0v) is 19.9. The molecule has 0 bridgehead atoms. The topological polar surface area (TPSA) is 0 Å². The fourth-order valence-corrected chi connectivity index (χ4v) is 5.31. The predicted molar refractivity (Wildman–Crippen MR) is 155 cm³/mol. The number of hydrogen-bond acceptors (Lipinski definition) is 0. The van der Waals surface area contributed by atoms with E-state index in [0.29, 0.717) is 0 Å². The van der Waals surface area contributed by atoms with Crippen LogP contribution in [-0.4, -0.2) is 0 Å². The normalized spacial score (nSPS) is 11.3. The van der Waals surface area contributed by atoms with E-state index in [-0.39, 0.29) is 0 Å². The highest BCUT2D eigenvalue weighted by atomic mass is 14.1. The van der Waals surface area contributed by atoms with Crippen LogP contribution in [0.15, 0.2) is 146 Å². The summed E-state index contributed by atoms with van der Waals surface area (Å²) in [5.74, 6) is 0. The van der Waals surface area contributed by atoms with Gasteiger partial charge in [-0.1, -0.05) is 121 Å². The maximum atomic E-state index is 2.32. The van der Waals surface area contributed by atoms with Crippen molar-refractivity contribution < 1.29 is 0 Å². The van der Waals surface area contributed by atoms with Crippen LogP contribution in [0.3, 0.4) is 0 Å². The highest BCUT2D eigenvalue weighted by Gasteiger charge is 2.07. The molecule has 0 saturated carbocycles. The molecule has 0 N–H and O–H groups in total. The average molecular weight is 457 g/mol. The first-order chi connectivity index (χ1) is 17.8. The minimum atomic E-state index is 1.24. The molecule has 0 radical (unpaired) electrons. The van der Waals surface area contributed by atoms with Gasteiger partial charge in [-0.15, -0.1) is 0 Å². The largest absolute Gasteiger partial charge is 0.0622 e. The van der Waals surface area contributed by atoms with Crippen molar-refractivity contribution in [3.05, 3.63) is 146 Å². The molecule has 0 aromatic heterocycles. The van der Waals surface area contributed by atoms with Crippen LogP contribution in [0.2, 0.25) is 0 Å². The van der Waals surface area contributed by atoms with Gasteiger partial charge in [0.2, 0.25) is 0 Å². The Bertz CT molecular complexity index is 1880. The minimum absolute atomic E-state index is 1.24. The molecule has 0 aliphatic heterocycles. The maximum absolute atomic E-state index is 2.32. The van der Waals surface area contributed by atoms with Gasteiger partial charge in [-0.05, 0) is 90.0 Å². The second-order valence-corrected chi connectivity index (χ2v) is 9.45. The fourth-order valence-electron chi connectivity index (χ4n) is 5.31. The van der Waals surface area contributed by atoms with Gasteiger partial charge in [0.05, 0.1) is 0 Å². The Morgan fingerprint density at radius 3 is 1.33 bits per heavy atom. The second kappa shape index (κ2) is 8.52. The lowest BCUT2D eigenvalue weighted by Gasteiger charge is -2.10. The van der Waals surface area contributed by atoms with Crippen molar-refractivity contribution in [3.63, 3.8) is 0 Å². The highest BCUT2D eigenvalue weighted by Crippen LogP contribution is 2.34. The molecular weight excluding hydrogens is 432 g/mol. The predicted octanol–water partition coefficient (Wildman–Crippen LogP) is 10.1. The molecule has 0 heteroatoms. The van der Waals surface area contributed by atoms with Crippen molar-refractivity contribution in [2.45, 2.75) is 0 Å². The maximum Gasteiger partial charge on any atom is -0.0105 e. The van der Waals surface area contributed by atoms with E-state index in [1.807, 2.05) is 0 Å². The molecule has 7 rings (SSSR count). The van der Waals surface area contributed by atoms with Gasteiger partial charge in [-0.25, -0.2) is 0 Å². The molecule has 0 atom stereocenters. The van der Waals surface area contributed by atoms with Crippen molar-refractivity contribution in [2.75, 3.05) is 0 Å². The SMILES string of the molecule is c1ccc(-c2cccc(-c3ccc4c(ccc5cc(-c6ccc7ccccc7c6)ccc54)c3)c2)cc1. The van der Waals surface area contributed by atoms with E-state index in [9.17, 15) is 0 Å². The summed E-state index contributed by atoms with van der Waals surface area (Å²) in [6.45, 7) is 0. The Morgan fingerprint density at radius 2 is 0.667 bits per heavy atom. The van der Waals surface area contributed by atoms with E-state index in [1.54, 1.807) is 0 Å². The molecular formula is C36H24. The lowest BCUT2D eigenvalue weighted by atomic mass is 9.94. The third kappa shape index (κ3) is 3.65. The minimum Gasteiger partial charge on any atom is -0.0622 e. The van der Waals surface area contributed by atoms with Crippen molar-refractivity contribution in [2.24, 2.45) is 0 Å². The standard InChI is InChI=1S/C36H24/c1-2-7-25(8-3-1)28-11-6-12-29(21-28)31-17-19-35-33(23-31)15-16-34-24-32(18-20-36(34)35)30-14-13-26-9-4-5-10-27(26)22-30/h1-24H. The lowest BCUT2D eigenvalue weighted by Crippen LogP contribution is -1.84. The molecule has 168 valence electrons. The molecule has 0 unspecified atom stereocenters. The van der Waals surface area contributed by atoms with Crippen LogP contribution in [0, 0.1) is 0 Å². The van der Waals surface area contributed by atoms with Crippen molar-refractivity contribution in [1.29, 1.82) is 0 Å². The summed E-state index contributed by atoms with van der Waals surface area (Å²) in [7, 11) is 0. The lowest BCUT2D eigenvalue weighted by molar-refractivity contribution is 1.60. The van der Waals surface area contributed by atoms with Crippen molar-refractivity contribution in [3.8, 4) is 33.4 Å². The van der Waals surface area contributed by atoms with Gasteiger partial charge in [-0.3, -0.25) is 0 Å². The van der Waals surface area contributed by atoms with Gasteiger partial charge in [0, 0.05) is 0 Å². The van der Waals surface area contributed by atoms with Crippen molar-refractivity contribution in [1.82, 2.24) is 0 Å². The average Bonchev–Trinajstić information content (AvgIpc) is 2.96. The molecule has 36 heavy (non-hydrogen) atoms. The molecule has 0 amide bonds. The van der Waals surface area contributed by atoms with Gasteiger partial charge in [0.15, 0.2) is 0 Å². The second-order valence-electron chi connectivity index (χ2n) is 9.45. The summed E-state index contributed by atoms with van der Waals surface area (Å²) < 4.78 is 0. The first-order valence-corrected chi connectivity index (χ1v) is 12.4. The third-order valence-corrected chi connectivity index (χ3v) is 7.22. The fraction of sp³-hybridized carbons (Fsp3) is 0. The van der Waals surface area contributed by atoms with Gasteiger partial charge in [0.1, 0.15) is 0 Å². The molecule has 0 aliphatic rings. The van der Waals surface area contributed by atoms with E-state index < -0.39 is 0 Å². The number of hydrogen-bond donors (Lipinski definition) is 0. The summed E-state index contributed by atoms with van der Waals surface area (Å²) in [5, 5.41) is 7.67. The summed E-state index contributed by atoms with van der Waals surface area (Å²) in [6.07, 6.45) is 0. The Balaban J connectivity index is 1.28. The van der Waals surface area contributed by atoms with E-state index >= 15 is 0 Å². The smallest absolute Gasteiger partial charge is 0.0105 e. The van der Waals surface area contributed by atoms with Crippen LogP contribution < -0.4 is 0 Å². The van der Waals surface area contributed by atoms with Gasteiger partial charge >= 0.3 is 0 Å². The van der Waals surface area contributed by atoms with E-state index in [1.165, 1.54) is 65.7 Å². The van der Waals surface area contributed by atoms with Gasteiger partial charge in [0.25, 0.3) is 0 Å². The van der Waals surface area contributed by atoms with Crippen LogP contribution in [0.1, 0.15) is 0 Å². The number of fused-ring (bicyclic) bond motifs is 4. The molecule has 0 saturated heterocycles. The van der Waals surface area contributed by atoms with E-state index in [4.69, 9.17) is 0 Å². The van der Waals surface area contributed by atoms with E-state index in [2.05, 4.69) is 146 Å².